The van der Waals surface area contributed by atoms with Crippen LogP contribution in [0.1, 0.15) is 66.6 Å². The predicted octanol–water partition coefficient (Wildman–Crippen LogP) is 13.1. The monoisotopic (exact) mass is 1560 g/mol. The minimum Gasteiger partial charge on any atom is -0.487 e. The van der Waals surface area contributed by atoms with Crippen molar-refractivity contribution in [3.8, 4) is 23.0 Å². The van der Waals surface area contributed by atoms with Crippen molar-refractivity contribution < 1.29 is 127 Å². The van der Waals surface area contributed by atoms with Crippen LogP contribution in [0.4, 0.5) is 93.8 Å². The quantitative estimate of drug-likeness (QED) is 0.00915. The molecule has 39 heteroatoms. The van der Waals surface area contributed by atoms with Crippen molar-refractivity contribution in [2.45, 2.75) is 98.6 Å². The van der Waals surface area contributed by atoms with Crippen LogP contribution in [0, 0.1) is 153 Å². The molecule has 8 rings (SSSR count). The van der Waals surface area contributed by atoms with Gasteiger partial charge in [-0.15, -0.1) is 0 Å². The molecule has 0 bridgehead atoms. The van der Waals surface area contributed by atoms with Crippen LogP contribution in [0.3, 0.4) is 0 Å². The summed E-state index contributed by atoms with van der Waals surface area (Å²) >= 11 is 0. The summed E-state index contributed by atoms with van der Waals surface area (Å²) in [5, 5.41) is 93.6. The number of aliphatic hydroxyl groups is 4. The Labute approximate surface area is 615 Å². The summed E-state index contributed by atoms with van der Waals surface area (Å²) in [7, 11) is 0. The van der Waals surface area contributed by atoms with Crippen LogP contribution in [0.5, 0.6) is 23.0 Å². The number of nitro groups is 4. The maximum absolute atomic E-state index is 14.0. The number of hydrogen-bond donors (Lipinski definition) is 8. The minimum absolute atomic E-state index is 0.0236. The van der Waals surface area contributed by atoms with Crippen LogP contribution in [-0.4, -0.2) is 113 Å². The van der Waals surface area contributed by atoms with Crippen molar-refractivity contribution in [3.05, 3.63) is 253 Å². The Morgan fingerprint density at radius 2 is 0.645 bits per heavy atom. The van der Waals surface area contributed by atoms with E-state index < -0.39 is 179 Å². The van der Waals surface area contributed by atoms with Crippen molar-refractivity contribution in [1.82, 2.24) is 0 Å². The lowest BCUT2D eigenvalue weighted by Gasteiger charge is -2.23. The maximum Gasteiger partial charge on any atom is 0.272 e. The summed E-state index contributed by atoms with van der Waals surface area (Å²) in [6.07, 6.45) is 0. The third kappa shape index (κ3) is 23.0. The Morgan fingerprint density at radius 1 is 0.336 bits per heavy atom. The van der Waals surface area contributed by atoms with E-state index in [9.17, 15) is 128 Å². The third-order valence-corrected chi connectivity index (χ3v) is 15.5. The van der Waals surface area contributed by atoms with Gasteiger partial charge < -0.3 is 60.6 Å². The van der Waals surface area contributed by atoms with E-state index in [1.54, 1.807) is 0 Å². The number of carbonyl (C=O) groups is 4. The van der Waals surface area contributed by atoms with Crippen LogP contribution < -0.4 is 40.2 Å². The van der Waals surface area contributed by atoms with Gasteiger partial charge >= 0.3 is 0 Å². The summed E-state index contributed by atoms with van der Waals surface area (Å²) < 4.78 is 169. The number of nitrogens with one attached hydrogen (secondary N) is 4. The number of aryl methyl sites for hydroxylation is 5. The second-order valence-corrected chi connectivity index (χ2v) is 25.0. The van der Waals surface area contributed by atoms with Gasteiger partial charge in [0.05, 0.1) is 19.7 Å². The molecule has 0 aliphatic carbocycles. The Kier molecular flexibility index (Phi) is 29.2. The van der Waals surface area contributed by atoms with Gasteiger partial charge in [0.25, 0.3) is 46.4 Å². The number of anilines is 4. The number of nitro benzene ring substituents is 4. The van der Waals surface area contributed by atoms with Crippen LogP contribution in [-0.2, 0) is 19.2 Å². The van der Waals surface area contributed by atoms with E-state index >= 15 is 0 Å². The second kappa shape index (κ2) is 36.4. The summed E-state index contributed by atoms with van der Waals surface area (Å²) in [6, 6.07) is 19.9. The zero-order valence-electron chi connectivity index (χ0n) is 59.5. The molecule has 0 radical (unpaired) electrons. The first-order chi connectivity index (χ1) is 50.9. The number of halogens is 11. The zero-order chi connectivity index (χ0) is 83.2. The fourth-order valence-corrected chi connectivity index (χ4v) is 9.00. The van der Waals surface area contributed by atoms with Crippen molar-refractivity contribution in [1.29, 1.82) is 0 Å². The van der Waals surface area contributed by atoms with Gasteiger partial charge in [-0.3, -0.25) is 59.6 Å². The number of hydrogen-bond acceptors (Lipinski definition) is 20. The first-order valence-electron chi connectivity index (χ1n) is 31.5. The Balaban J connectivity index is 0.000000263. The highest BCUT2D eigenvalue weighted by molar-refractivity contribution is 5.99. The minimum atomic E-state index is -2.34. The summed E-state index contributed by atoms with van der Waals surface area (Å²) in [5.74, 6) is -20.8. The fraction of sp³-hybridized carbons (Fsp3) is 0.268. The van der Waals surface area contributed by atoms with E-state index in [0.29, 0.717) is 23.3 Å². The third-order valence-electron chi connectivity index (χ3n) is 15.5. The molecule has 8 aromatic carbocycles. The molecule has 588 valence electrons. The van der Waals surface area contributed by atoms with Gasteiger partial charge in [-0.2, -0.15) is 4.39 Å². The van der Waals surface area contributed by atoms with Gasteiger partial charge in [-0.05, 0) is 148 Å². The number of carbonyl (C=O) groups excluding carboxylic acids is 4. The summed E-state index contributed by atoms with van der Waals surface area (Å²) in [6.45, 7) is 10.6. The van der Waals surface area contributed by atoms with Crippen LogP contribution in [0.2, 0.25) is 0 Å². The molecule has 110 heavy (non-hydrogen) atoms. The van der Waals surface area contributed by atoms with Gasteiger partial charge in [-0.25, -0.2) is 43.9 Å². The van der Waals surface area contributed by atoms with E-state index in [1.165, 1.54) is 108 Å². The number of benzene rings is 8. The van der Waals surface area contributed by atoms with E-state index in [-0.39, 0.29) is 73.5 Å². The van der Waals surface area contributed by atoms with Gasteiger partial charge in [0.15, 0.2) is 86.1 Å². The van der Waals surface area contributed by atoms with Crippen LogP contribution in [0.25, 0.3) is 0 Å². The van der Waals surface area contributed by atoms with Crippen molar-refractivity contribution >= 4 is 69.1 Å². The molecular formula is C71H67F11N8O20. The van der Waals surface area contributed by atoms with Gasteiger partial charge in [0.2, 0.25) is 5.82 Å². The first-order valence-corrected chi connectivity index (χ1v) is 31.5. The average molecular weight is 1560 g/mol. The number of ether oxygens (including phenoxy) is 4. The highest BCUT2D eigenvalue weighted by Gasteiger charge is 2.37. The molecule has 0 saturated carbocycles. The first kappa shape index (κ1) is 88.1. The molecule has 4 amide bonds. The Hall–Kier alpha value is -12.5. The molecule has 0 fully saturated rings. The number of nitrogens with zero attached hydrogens (tertiary/aromatic N) is 4. The SMILES string of the molecule is Cc1cc(NC(=O)[C@@](C)(O)COc2c(F)c(C)c(F)c(F)c2F)ccc1[N+](=O)[O-].Cc1cc(NC(=O)[C@@](C)(O)COc2c(F)cc(F)cc2F)ccc1[N+](=O)[O-].Cc1cc(NC(=O)[C@@](C)(O)COc2cc(F)cc(C)c2F)ccc1[N+](=O)[O-].Cc1cc(NC(=O)[C@@](C)(O)COc2ccc(F)c(C)c2F)ccc1[N+](=O)[O-]. The molecule has 8 N–H and O–H groups in total. The molecule has 0 aliphatic heterocycles. The van der Waals surface area contributed by atoms with E-state index in [1.807, 2.05) is 0 Å². The largest absolute Gasteiger partial charge is 0.487 e. The standard InChI is InChI=1S/C18H16F4N2O5.2C18H18F2N2O5.C17H15F3N2O5/c1-8-6-10(4-5-11(8)24(27)28)23-17(25)18(3,26)7-29-16-13(20)9(2)12(19)14(21)15(16)22;1-10-8-12(4-6-14(10)22(25)26)21-17(23)18(3,24)9-27-15-7-5-13(19)11(2)16(15)20;1-10-7-13(4-5-14(10)22(25)26)21-17(23)18(3,24)9-27-15-8-12(19)6-11(2)16(15)20;1-9-5-11(3-4-14(9)22(25)26)21-16(23)17(2,24)8-27-15-12(19)6-10(18)7-13(15)20/h4-6,26H,7H2,1-3H3,(H,23,25);2*4-8,24H,9H2,1-3H3,(H,21,23);3-7,24H,8H2,1-2H3,(H,21,23)/t3*18-;17-/m0000/s1. The van der Waals surface area contributed by atoms with Crippen molar-refractivity contribution in [2.75, 3.05) is 47.7 Å². The van der Waals surface area contributed by atoms with Gasteiger partial charge in [0.1, 0.15) is 43.9 Å². The predicted molar refractivity (Wildman–Crippen MR) is 370 cm³/mol. The summed E-state index contributed by atoms with van der Waals surface area (Å²) in [5.41, 5.74) is -8.31. The molecule has 0 saturated heterocycles. The molecular weight excluding hydrogens is 1490 g/mol. The fourth-order valence-electron chi connectivity index (χ4n) is 9.00. The topological polar surface area (TPSA) is 407 Å². The van der Waals surface area contributed by atoms with Crippen LogP contribution >= 0.6 is 0 Å². The molecule has 28 nitrogen and oxygen atoms in total. The van der Waals surface area contributed by atoms with Gasteiger partial charge in [0, 0.05) is 98.6 Å². The summed E-state index contributed by atoms with van der Waals surface area (Å²) in [4.78, 5) is 89.9. The normalized spacial score (nSPS) is 13.0. The van der Waals surface area contributed by atoms with E-state index in [2.05, 4.69) is 21.3 Å². The molecule has 0 spiro atoms. The molecule has 4 atom stereocenters. The van der Waals surface area contributed by atoms with E-state index in [0.717, 1.165) is 65.0 Å². The smallest absolute Gasteiger partial charge is 0.272 e. The maximum atomic E-state index is 14.0. The van der Waals surface area contributed by atoms with Gasteiger partial charge in [-0.1, -0.05) is 0 Å². The highest BCUT2D eigenvalue weighted by atomic mass is 19.2. The van der Waals surface area contributed by atoms with Crippen molar-refractivity contribution in [2.24, 2.45) is 0 Å². The number of rotatable bonds is 24. The molecule has 0 aliphatic rings. The highest BCUT2D eigenvalue weighted by Crippen LogP contribution is 2.33. The Bertz CT molecular complexity index is 4840. The lowest BCUT2D eigenvalue weighted by atomic mass is 10.1. The zero-order valence-corrected chi connectivity index (χ0v) is 59.5. The molecule has 0 aromatic heterocycles. The number of amides is 4. The second-order valence-electron chi connectivity index (χ2n) is 25.0. The molecule has 8 aromatic rings. The van der Waals surface area contributed by atoms with E-state index in [4.69, 9.17) is 18.9 Å². The van der Waals surface area contributed by atoms with Crippen molar-refractivity contribution in [3.63, 3.8) is 0 Å². The lowest BCUT2D eigenvalue weighted by molar-refractivity contribution is -0.385. The molecule has 0 heterocycles. The molecule has 0 unspecified atom stereocenters. The average Bonchev–Trinajstić information content (AvgIpc) is 0.837. The lowest BCUT2D eigenvalue weighted by Crippen LogP contribution is -2.45. The van der Waals surface area contributed by atoms with Crippen LogP contribution in [0.15, 0.2) is 109 Å². The Morgan fingerprint density at radius 3 is 0.973 bits per heavy atom.